The molecule has 0 saturated carbocycles. The van der Waals surface area contributed by atoms with Gasteiger partial charge in [0, 0.05) is 0 Å². The van der Waals surface area contributed by atoms with Gasteiger partial charge in [0.25, 0.3) is 0 Å². The van der Waals surface area contributed by atoms with Crippen molar-refractivity contribution in [3.63, 3.8) is 0 Å². The van der Waals surface area contributed by atoms with Gasteiger partial charge in [0.1, 0.15) is 0 Å². The van der Waals surface area contributed by atoms with Crippen LogP contribution in [0.2, 0.25) is 0 Å². The minimum atomic E-state index is -0.390. The quantitative estimate of drug-likeness (QED) is 0.354. The van der Waals surface area contributed by atoms with Crippen molar-refractivity contribution in [1.82, 2.24) is 0 Å². The molecule has 0 atom stereocenters. The molecule has 1 aromatic carbocycles. The number of para-hydroxylation sites is 1. The van der Waals surface area contributed by atoms with Crippen LogP contribution in [0.5, 0.6) is 5.75 Å². The van der Waals surface area contributed by atoms with Gasteiger partial charge in [0.2, 0.25) is 0 Å². The summed E-state index contributed by atoms with van der Waals surface area (Å²) >= 11 is 2.35. The molecule has 1 rings (SSSR count). The molecular formula is C12H15AsO2. The molecule has 0 unspecified atom stereocenters. The van der Waals surface area contributed by atoms with E-state index in [9.17, 15) is 4.79 Å². The number of esters is 1. The van der Waals surface area contributed by atoms with Crippen LogP contribution in [-0.4, -0.2) is 22.8 Å². The van der Waals surface area contributed by atoms with Gasteiger partial charge in [-0.25, -0.2) is 0 Å². The average Bonchev–Trinajstić information content (AvgIpc) is 2.24. The number of carbonyl (C=O) groups excluding carboxylic acids is 1. The zero-order valence-corrected chi connectivity index (χ0v) is 11.2. The minimum Gasteiger partial charge on any atom is -0.0683 e. The van der Waals surface area contributed by atoms with Gasteiger partial charge < -0.3 is 0 Å². The molecule has 0 N–H and O–H groups in total. The summed E-state index contributed by atoms with van der Waals surface area (Å²) in [6.45, 7) is 9.12. The third kappa shape index (κ3) is 4.85. The molecule has 0 spiro atoms. The van der Waals surface area contributed by atoms with Crippen LogP contribution >= 0.6 is 0 Å². The fourth-order valence-corrected chi connectivity index (χ4v) is 1.16. The molecule has 0 heterocycles. The molecule has 80 valence electrons. The molecule has 1 aromatic rings. The second-order valence-electron chi connectivity index (χ2n) is 2.64. The van der Waals surface area contributed by atoms with Crippen LogP contribution in [-0.2, 0) is 4.79 Å². The zero-order chi connectivity index (χ0) is 11.8. The van der Waals surface area contributed by atoms with Gasteiger partial charge in [0.15, 0.2) is 0 Å². The first-order chi connectivity index (χ1) is 7.11. The van der Waals surface area contributed by atoms with Crippen molar-refractivity contribution < 1.29 is 9.53 Å². The van der Waals surface area contributed by atoms with E-state index in [2.05, 4.69) is 23.4 Å². The van der Waals surface area contributed by atoms with E-state index in [-0.39, 0.29) is 0 Å². The van der Waals surface area contributed by atoms with Gasteiger partial charge in [-0.3, -0.25) is 0 Å². The molecule has 2 radical (unpaired) electrons. The van der Waals surface area contributed by atoms with Crippen LogP contribution in [0.15, 0.2) is 36.4 Å². The molecule has 15 heavy (non-hydrogen) atoms. The molecule has 3 heteroatoms. The maximum Gasteiger partial charge on any atom is -0.0683 e. The van der Waals surface area contributed by atoms with E-state index in [4.69, 9.17) is 4.74 Å². The van der Waals surface area contributed by atoms with E-state index >= 15 is 0 Å². The fraction of sp³-hybridized carbons (Fsp3) is 0.250. The molecule has 0 saturated heterocycles. The topological polar surface area (TPSA) is 26.3 Å². The normalized spacial score (nSPS) is 8.53. The maximum absolute atomic E-state index is 11.1. The number of ether oxygens (including phenoxy) is 1. The van der Waals surface area contributed by atoms with Crippen LogP contribution in [0.1, 0.15) is 20.8 Å². The number of hydrogen-bond donors (Lipinski definition) is 0. The van der Waals surface area contributed by atoms with Gasteiger partial charge in [-0.1, -0.05) is 13.8 Å². The Bertz CT molecular complexity index is 345. The van der Waals surface area contributed by atoms with E-state index in [1.807, 2.05) is 32.0 Å². The fourth-order valence-electron chi connectivity index (χ4n) is 0.730. The molecule has 2 nitrogen and oxygen atoms in total. The van der Waals surface area contributed by atoms with Crippen LogP contribution in [0.3, 0.4) is 0 Å². The number of benzene rings is 1. The molecule has 0 aliphatic heterocycles. The van der Waals surface area contributed by atoms with Crippen LogP contribution in [0, 0.1) is 0 Å². The van der Waals surface area contributed by atoms with Gasteiger partial charge in [-0.05, 0) is 0 Å². The monoisotopic (exact) mass is 266 g/mol. The average molecular weight is 266 g/mol. The van der Waals surface area contributed by atoms with Crippen molar-refractivity contribution in [3.8, 4) is 5.75 Å². The van der Waals surface area contributed by atoms with E-state index in [0.29, 0.717) is 11.3 Å². The first-order valence-electron chi connectivity index (χ1n) is 4.77. The second kappa shape index (κ2) is 7.30. The van der Waals surface area contributed by atoms with Crippen molar-refractivity contribution in [2.24, 2.45) is 0 Å². The summed E-state index contributed by atoms with van der Waals surface area (Å²) in [6, 6.07) is 7.30. The Morgan fingerprint density at radius 1 is 1.33 bits per heavy atom. The van der Waals surface area contributed by atoms with Crippen LogP contribution in [0.25, 0.3) is 0 Å². The van der Waals surface area contributed by atoms with Crippen molar-refractivity contribution in [2.75, 3.05) is 0 Å². The first-order valence-corrected chi connectivity index (χ1v) is 5.71. The summed E-state index contributed by atoms with van der Waals surface area (Å²) in [7, 11) is 0. The van der Waals surface area contributed by atoms with Crippen molar-refractivity contribution in [1.29, 1.82) is 0 Å². The second-order valence-corrected chi connectivity index (χ2v) is 3.65. The summed E-state index contributed by atoms with van der Waals surface area (Å²) in [5, 5.41) is 0. The molecule has 0 aliphatic rings. The Hall–Kier alpha value is -1.01. The molecule has 0 bridgehead atoms. The van der Waals surface area contributed by atoms with Crippen LogP contribution in [0.4, 0.5) is 0 Å². The SMILES string of the molecule is C=C(C)C(=O)Oc1ccccc1[As].CC. The Balaban J connectivity index is 0.000000921. The van der Waals surface area contributed by atoms with E-state index < -0.39 is 5.97 Å². The number of carbonyl (C=O) groups is 1. The predicted octanol–water partition coefficient (Wildman–Crippen LogP) is 1.99. The number of rotatable bonds is 2. The largest absolute Gasteiger partial charge is 0.0683 e. The smallest absolute Gasteiger partial charge is 0.0683 e. The van der Waals surface area contributed by atoms with Gasteiger partial charge in [-0.15, -0.1) is 0 Å². The van der Waals surface area contributed by atoms with Gasteiger partial charge >= 0.3 is 85.8 Å². The Kier molecular flexibility index (Phi) is 6.81. The summed E-state index contributed by atoms with van der Waals surface area (Å²) < 4.78 is 5.93. The predicted molar refractivity (Wildman–Crippen MR) is 63.6 cm³/mol. The molecule has 0 aliphatic carbocycles. The third-order valence-electron chi connectivity index (χ3n) is 1.42. The van der Waals surface area contributed by atoms with E-state index in [1.54, 1.807) is 13.0 Å². The first kappa shape index (κ1) is 14.0. The Labute approximate surface area is 99.8 Å². The Morgan fingerprint density at radius 3 is 2.33 bits per heavy atom. The van der Waals surface area contributed by atoms with Crippen molar-refractivity contribution >= 4 is 27.2 Å². The third-order valence-corrected chi connectivity index (χ3v) is 2.19. The molecule has 0 fully saturated rings. The maximum atomic E-state index is 11.1. The summed E-state index contributed by atoms with van der Waals surface area (Å²) in [6.07, 6.45) is 0. The standard InChI is InChI=1S/C10H9AsO2.C2H6/c1-7(2)10(12)13-9-6-4-3-5-8(9)11;1-2/h3-6H,1H2,2H3;1-2H3. The molecule has 0 aromatic heterocycles. The summed E-state index contributed by atoms with van der Waals surface area (Å²) in [4.78, 5) is 11.1. The van der Waals surface area contributed by atoms with Gasteiger partial charge in [-0.2, -0.15) is 0 Å². The summed E-state index contributed by atoms with van der Waals surface area (Å²) in [5.41, 5.74) is 0.399. The van der Waals surface area contributed by atoms with Crippen LogP contribution < -0.4 is 9.09 Å². The number of hydrogen-bond acceptors (Lipinski definition) is 2. The van der Waals surface area contributed by atoms with E-state index in [0.717, 1.165) is 4.35 Å². The molecular weight excluding hydrogens is 251 g/mol. The minimum absolute atomic E-state index is 0.390. The van der Waals surface area contributed by atoms with Gasteiger partial charge in [0.05, 0.1) is 0 Å². The summed E-state index contributed by atoms with van der Waals surface area (Å²) in [5.74, 6) is 0.175. The van der Waals surface area contributed by atoms with Crippen molar-refractivity contribution in [3.05, 3.63) is 36.4 Å². The molecule has 0 amide bonds. The van der Waals surface area contributed by atoms with E-state index in [1.165, 1.54) is 0 Å². The zero-order valence-electron chi connectivity index (χ0n) is 9.28. The van der Waals surface area contributed by atoms with Crippen molar-refractivity contribution in [2.45, 2.75) is 20.8 Å². The Morgan fingerprint density at radius 2 is 1.87 bits per heavy atom.